The fourth-order valence-corrected chi connectivity index (χ4v) is 3.87. The van der Waals surface area contributed by atoms with Gasteiger partial charge in [0.15, 0.2) is 0 Å². The number of ether oxygens (including phenoxy) is 1. The first kappa shape index (κ1) is 22.5. The van der Waals surface area contributed by atoms with Crippen LogP contribution in [0.1, 0.15) is 23.7 Å². The average Bonchev–Trinajstić information content (AvgIpc) is 3.40. The van der Waals surface area contributed by atoms with E-state index in [1.54, 1.807) is 19.4 Å². The predicted molar refractivity (Wildman–Crippen MR) is 129 cm³/mol. The van der Waals surface area contributed by atoms with E-state index in [4.69, 9.17) is 9.72 Å². The molecule has 3 heterocycles. The van der Waals surface area contributed by atoms with Crippen molar-refractivity contribution < 1.29 is 9.53 Å². The van der Waals surface area contributed by atoms with E-state index in [0.717, 1.165) is 41.4 Å². The number of aryl methyl sites for hydroxylation is 1. The van der Waals surface area contributed by atoms with Crippen LogP contribution in [0.2, 0.25) is 0 Å². The SMILES string of the molecule is C/C=C/C(=O)Nc1cccc(CN2CCc3c(C)nc(Nc4cnn(CCOC)c4)nc32)c1. The third kappa shape index (κ3) is 5.56. The van der Waals surface area contributed by atoms with Crippen molar-refractivity contribution in [2.24, 2.45) is 0 Å². The Morgan fingerprint density at radius 2 is 2.15 bits per heavy atom. The summed E-state index contributed by atoms with van der Waals surface area (Å²) in [6.45, 7) is 6.70. The van der Waals surface area contributed by atoms with Crippen molar-refractivity contribution in [3.05, 3.63) is 65.6 Å². The molecule has 172 valence electrons. The maximum absolute atomic E-state index is 11.9. The first-order valence-electron chi connectivity index (χ1n) is 11.0. The summed E-state index contributed by atoms with van der Waals surface area (Å²) in [5.74, 6) is 1.36. The van der Waals surface area contributed by atoms with Crippen LogP contribution >= 0.6 is 0 Å². The number of nitrogens with one attached hydrogen (secondary N) is 2. The molecule has 0 spiro atoms. The molecule has 2 N–H and O–H groups in total. The number of carbonyl (C=O) groups excluding carboxylic acids is 1. The second-order valence-corrected chi connectivity index (χ2v) is 7.91. The van der Waals surface area contributed by atoms with E-state index in [-0.39, 0.29) is 5.91 Å². The van der Waals surface area contributed by atoms with Crippen molar-refractivity contribution in [1.29, 1.82) is 0 Å². The van der Waals surface area contributed by atoms with Gasteiger partial charge in [0, 0.05) is 43.3 Å². The number of amides is 1. The minimum Gasteiger partial charge on any atom is -0.383 e. The third-order valence-corrected chi connectivity index (χ3v) is 5.42. The number of methoxy groups -OCH3 is 1. The van der Waals surface area contributed by atoms with E-state index in [0.29, 0.717) is 25.6 Å². The van der Waals surface area contributed by atoms with Crippen molar-refractivity contribution >= 4 is 29.0 Å². The molecule has 9 heteroatoms. The molecule has 0 saturated carbocycles. The molecule has 3 aromatic rings. The number of benzene rings is 1. The minimum atomic E-state index is -0.134. The van der Waals surface area contributed by atoms with Crippen molar-refractivity contribution in [3.63, 3.8) is 0 Å². The predicted octanol–water partition coefficient (Wildman–Crippen LogP) is 3.45. The summed E-state index contributed by atoms with van der Waals surface area (Å²) < 4.78 is 6.92. The van der Waals surface area contributed by atoms with Crippen LogP contribution in [0, 0.1) is 6.92 Å². The van der Waals surface area contributed by atoms with Gasteiger partial charge in [-0.3, -0.25) is 9.48 Å². The Balaban J connectivity index is 1.49. The van der Waals surface area contributed by atoms with Gasteiger partial charge in [0.05, 0.1) is 25.0 Å². The zero-order valence-electron chi connectivity index (χ0n) is 19.2. The van der Waals surface area contributed by atoms with Crippen molar-refractivity contribution in [2.45, 2.75) is 33.4 Å². The quantitative estimate of drug-likeness (QED) is 0.485. The molecule has 0 saturated heterocycles. The molecule has 0 fully saturated rings. The molecule has 1 aromatic carbocycles. The highest BCUT2D eigenvalue weighted by Gasteiger charge is 2.24. The van der Waals surface area contributed by atoms with Crippen molar-refractivity contribution in [1.82, 2.24) is 19.7 Å². The summed E-state index contributed by atoms with van der Waals surface area (Å²) in [6, 6.07) is 7.91. The monoisotopic (exact) mass is 447 g/mol. The van der Waals surface area contributed by atoms with E-state index in [2.05, 4.69) is 31.7 Å². The molecule has 0 unspecified atom stereocenters. The first-order valence-corrected chi connectivity index (χ1v) is 11.0. The highest BCUT2D eigenvalue weighted by molar-refractivity contribution is 5.99. The Kier molecular flexibility index (Phi) is 6.99. The number of aromatic nitrogens is 4. The minimum absolute atomic E-state index is 0.134. The summed E-state index contributed by atoms with van der Waals surface area (Å²) in [5.41, 5.74) is 4.87. The van der Waals surface area contributed by atoms with Crippen LogP contribution in [-0.2, 0) is 29.0 Å². The van der Waals surface area contributed by atoms with Gasteiger partial charge in [0.1, 0.15) is 5.82 Å². The Bertz CT molecular complexity index is 1160. The van der Waals surface area contributed by atoms with Crippen LogP contribution in [-0.4, -0.2) is 45.9 Å². The average molecular weight is 448 g/mol. The standard InChI is InChI=1S/C24H29N7O2/c1-4-6-22(32)27-19-8-5-7-18(13-19)15-30-10-9-21-17(2)26-24(29-23(21)30)28-20-14-25-31(16-20)11-12-33-3/h4-8,13-14,16H,9-12,15H2,1-3H3,(H,27,32)(H,26,28,29)/b6-4+. The van der Waals surface area contributed by atoms with Crippen LogP contribution < -0.4 is 15.5 Å². The zero-order chi connectivity index (χ0) is 23.2. The summed E-state index contributed by atoms with van der Waals surface area (Å²) in [6.07, 6.45) is 7.81. The van der Waals surface area contributed by atoms with E-state index >= 15 is 0 Å². The summed E-state index contributed by atoms with van der Waals surface area (Å²) in [5, 5.41) is 10.5. The molecular weight excluding hydrogens is 418 g/mol. The topological polar surface area (TPSA) is 97.2 Å². The van der Waals surface area contributed by atoms with Gasteiger partial charge in [-0.25, -0.2) is 4.98 Å². The Hall–Kier alpha value is -3.72. The van der Waals surface area contributed by atoms with E-state index in [1.807, 2.05) is 42.9 Å². The van der Waals surface area contributed by atoms with E-state index < -0.39 is 0 Å². The van der Waals surface area contributed by atoms with Crippen LogP contribution in [0.25, 0.3) is 0 Å². The van der Waals surface area contributed by atoms with Crippen LogP contribution in [0.5, 0.6) is 0 Å². The smallest absolute Gasteiger partial charge is 0.248 e. The highest BCUT2D eigenvalue weighted by Crippen LogP contribution is 2.31. The second-order valence-electron chi connectivity index (χ2n) is 7.91. The molecule has 1 aliphatic rings. The Labute approximate surface area is 193 Å². The van der Waals surface area contributed by atoms with Crippen molar-refractivity contribution in [2.75, 3.05) is 35.8 Å². The number of allylic oxidation sites excluding steroid dienone is 1. The third-order valence-electron chi connectivity index (χ3n) is 5.42. The molecule has 1 amide bonds. The first-order chi connectivity index (χ1) is 16.1. The fraction of sp³-hybridized carbons (Fsp3) is 0.333. The molecule has 1 aliphatic heterocycles. The molecule has 33 heavy (non-hydrogen) atoms. The molecule has 0 aliphatic carbocycles. The Morgan fingerprint density at radius 3 is 2.97 bits per heavy atom. The number of carbonyl (C=O) groups is 1. The lowest BCUT2D eigenvalue weighted by Gasteiger charge is -2.19. The number of anilines is 4. The molecule has 0 bridgehead atoms. The number of hydrogen-bond donors (Lipinski definition) is 2. The molecular formula is C24H29N7O2. The Morgan fingerprint density at radius 1 is 1.27 bits per heavy atom. The molecule has 0 radical (unpaired) electrons. The lowest BCUT2D eigenvalue weighted by Crippen LogP contribution is -2.21. The van der Waals surface area contributed by atoms with Crippen LogP contribution in [0.15, 0.2) is 48.8 Å². The highest BCUT2D eigenvalue weighted by atomic mass is 16.5. The zero-order valence-corrected chi connectivity index (χ0v) is 19.2. The number of nitrogens with zero attached hydrogens (tertiary/aromatic N) is 5. The lowest BCUT2D eigenvalue weighted by atomic mass is 10.2. The molecule has 0 atom stereocenters. The largest absolute Gasteiger partial charge is 0.383 e. The normalized spacial score (nSPS) is 12.9. The summed E-state index contributed by atoms with van der Waals surface area (Å²) in [4.78, 5) is 23.6. The van der Waals surface area contributed by atoms with Crippen LogP contribution in [0.3, 0.4) is 0 Å². The molecule has 9 nitrogen and oxygen atoms in total. The van der Waals surface area contributed by atoms with Gasteiger partial charge in [-0.15, -0.1) is 0 Å². The maximum Gasteiger partial charge on any atom is 0.248 e. The molecule has 2 aromatic heterocycles. The fourth-order valence-electron chi connectivity index (χ4n) is 3.87. The van der Waals surface area contributed by atoms with Gasteiger partial charge < -0.3 is 20.3 Å². The summed E-state index contributed by atoms with van der Waals surface area (Å²) in [7, 11) is 1.67. The van der Waals surface area contributed by atoms with Crippen LogP contribution in [0.4, 0.5) is 23.1 Å². The number of rotatable bonds is 9. The van der Waals surface area contributed by atoms with E-state index in [9.17, 15) is 4.79 Å². The van der Waals surface area contributed by atoms with E-state index in [1.165, 1.54) is 11.6 Å². The van der Waals surface area contributed by atoms with Gasteiger partial charge in [0.2, 0.25) is 11.9 Å². The van der Waals surface area contributed by atoms with Gasteiger partial charge >= 0.3 is 0 Å². The molecule has 4 rings (SSSR count). The number of fused-ring (bicyclic) bond motifs is 1. The van der Waals surface area contributed by atoms with Crippen molar-refractivity contribution in [3.8, 4) is 0 Å². The second kappa shape index (κ2) is 10.3. The van der Waals surface area contributed by atoms with Gasteiger partial charge in [-0.2, -0.15) is 10.1 Å². The lowest BCUT2D eigenvalue weighted by molar-refractivity contribution is -0.111. The van der Waals surface area contributed by atoms with Gasteiger partial charge in [-0.1, -0.05) is 18.2 Å². The van der Waals surface area contributed by atoms with Gasteiger partial charge in [-0.05, 0) is 44.0 Å². The maximum atomic E-state index is 11.9. The summed E-state index contributed by atoms with van der Waals surface area (Å²) >= 11 is 0. The number of hydrogen-bond acceptors (Lipinski definition) is 7. The van der Waals surface area contributed by atoms with Gasteiger partial charge in [0.25, 0.3) is 0 Å².